The fraction of sp³-hybridized carbons (Fsp3) is 0.296. The van der Waals surface area contributed by atoms with Gasteiger partial charge in [-0.3, -0.25) is 9.69 Å². The standard InChI is InChI=1S/C27H25FN4O3/c28-23-14-21-24(33)22(27(34)35)16-32(19-8-9-19)25(21)29-26(23)31-12-10-30(11-13-31)15-18-6-3-5-17-4-1-2-7-20(17)18/h1-7,14,16,19H,8-13,15H2,(H,34,35). The van der Waals surface area contributed by atoms with Gasteiger partial charge in [0, 0.05) is 45.0 Å². The van der Waals surface area contributed by atoms with Crippen LogP contribution in [0.1, 0.15) is 34.8 Å². The van der Waals surface area contributed by atoms with Gasteiger partial charge in [0.05, 0.1) is 5.39 Å². The van der Waals surface area contributed by atoms with Crippen molar-refractivity contribution in [2.75, 3.05) is 31.1 Å². The zero-order valence-electron chi connectivity index (χ0n) is 19.2. The van der Waals surface area contributed by atoms with E-state index in [4.69, 9.17) is 0 Å². The minimum Gasteiger partial charge on any atom is -0.477 e. The van der Waals surface area contributed by atoms with Crippen LogP contribution >= 0.6 is 0 Å². The third-order valence-electron chi connectivity index (χ3n) is 7.06. The lowest BCUT2D eigenvalue weighted by Crippen LogP contribution is -2.46. The minimum absolute atomic E-state index is 0.0210. The second-order valence-electron chi connectivity index (χ2n) is 9.38. The molecule has 178 valence electrons. The average Bonchev–Trinajstić information content (AvgIpc) is 3.70. The van der Waals surface area contributed by atoms with E-state index in [-0.39, 0.29) is 22.8 Å². The highest BCUT2D eigenvalue weighted by Gasteiger charge is 2.29. The van der Waals surface area contributed by atoms with Crippen molar-refractivity contribution in [3.63, 3.8) is 0 Å². The normalized spacial score (nSPS) is 16.8. The van der Waals surface area contributed by atoms with Gasteiger partial charge in [0.1, 0.15) is 11.2 Å². The second-order valence-corrected chi connectivity index (χ2v) is 9.38. The van der Waals surface area contributed by atoms with E-state index in [9.17, 15) is 14.7 Å². The molecule has 3 heterocycles. The van der Waals surface area contributed by atoms with Gasteiger partial charge in [-0.1, -0.05) is 42.5 Å². The molecule has 2 aromatic heterocycles. The number of anilines is 1. The van der Waals surface area contributed by atoms with Crippen LogP contribution in [-0.2, 0) is 6.54 Å². The number of fused-ring (bicyclic) bond motifs is 2. The first-order chi connectivity index (χ1) is 17.0. The second kappa shape index (κ2) is 8.46. The lowest BCUT2D eigenvalue weighted by atomic mass is 10.0. The molecular weight excluding hydrogens is 447 g/mol. The van der Waals surface area contributed by atoms with Crippen LogP contribution in [0, 0.1) is 5.82 Å². The number of pyridine rings is 2. The number of hydrogen-bond donors (Lipinski definition) is 1. The van der Waals surface area contributed by atoms with Crippen LogP contribution in [0.25, 0.3) is 21.8 Å². The maximum Gasteiger partial charge on any atom is 0.341 e. The molecule has 4 aromatic rings. The number of carbonyl (C=O) groups is 1. The molecule has 6 rings (SSSR count). The molecule has 0 spiro atoms. The summed E-state index contributed by atoms with van der Waals surface area (Å²) >= 11 is 0. The number of piperazine rings is 1. The number of halogens is 1. The summed E-state index contributed by atoms with van der Waals surface area (Å²) < 4.78 is 16.9. The summed E-state index contributed by atoms with van der Waals surface area (Å²) in [5.74, 6) is -1.68. The number of carboxylic acid groups (broad SMARTS) is 1. The molecule has 2 aliphatic rings. The van der Waals surface area contributed by atoms with E-state index in [0.29, 0.717) is 18.7 Å². The zero-order chi connectivity index (χ0) is 24.1. The largest absolute Gasteiger partial charge is 0.477 e. The summed E-state index contributed by atoms with van der Waals surface area (Å²) in [5, 5.41) is 11.9. The molecule has 0 unspecified atom stereocenters. The first-order valence-corrected chi connectivity index (χ1v) is 11.9. The highest BCUT2D eigenvalue weighted by atomic mass is 19.1. The SMILES string of the molecule is O=C(O)c1cn(C2CC2)c2nc(N3CCN(Cc4cccc5ccccc45)CC3)c(F)cc2c1=O. The molecule has 2 aromatic carbocycles. The number of benzene rings is 2. The van der Waals surface area contributed by atoms with Gasteiger partial charge < -0.3 is 14.6 Å². The molecule has 0 atom stereocenters. The Morgan fingerprint density at radius 3 is 2.51 bits per heavy atom. The number of aromatic nitrogens is 2. The predicted octanol–water partition coefficient (Wildman–Crippen LogP) is 4.04. The van der Waals surface area contributed by atoms with E-state index in [2.05, 4.69) is 46.3 Å². The Hall–Kier alpha value is -3.78. The molecule has 1 saturated heterocycles. The van der Waals surface area contributed by atoms with E-state index in [1.54, 1.807) is 4.57 Å². The van der Waals surface area contributed by atoms with Crippen molar-refractivity contribution < 1.29 is 14.3 Å². The molecule has 0 bridgehead atoms. The van der Waals surface area contributed by atoms with E-state index in [0.717, 1.165) is 38.5 Å². The van der Waals surface area contributed by atoms with Gasteiger partial charge in [-0.2, -0.15) is 0 Å². The highest BCUT2D eigenvalue weighted by molar-refractivity contribution is 5.92. The van der Waals surface area contributed by atoms with Crippen molar-refractivity contribution in [1.82, 2.24) is 14.5 Å². The van der Waals surface area contributed by atoms with Crippen LogP contribution in [0.3, 0.4) is 0 Å². The first kappa shape index (κ1) is 21.7. The van der Waals surface area contributed by atoms with Crippen LogP contribution in [0.2, 0.25) is 0 Å². The smallest absolute Gasteiger partial charge is 0.341 e. The summed E-state index contributed by atoms with van der Waals surface area (Å²) in [6.45, 7) is 3.57. The lowest BCUT2D eigenvalue weighted by molar-refractivity contribution is 0.0695. The fourth-order valence-electron chi connectivity index (χ4n) is 5.03. The van der Waals surface area contributed by atoms with Gasteiger partial charge in [0.15, 0.2) is 11.6 Å². The molecule has 35 heavy (non-hydrogen) atoms. The van der Waals surface area contributed by atoms with Crippen molar-refractivity contribution in [2.45, 2.75) is 25.4 Å². The van der Waals surface area contributed by atoms with Crippen molar-refractivity contribution in [3.05, 3.63) is 81.9 Å². The van der Waals surface area contributed by atoms with E-state index in [1.807, 2.05) is 11.0 Å². The van der Waals surface area contributed by atoms with Crippen LogP contribution in [0.5, 0.6) is 0 Å². The summed E-state index contributed by atoms with van der Waals surface area (Å²) in [4.78, 5) is 33.1. The van der Waals surface area contributed by atoms with E-state index >= 15 is 4.39 Å². The molecule has 8 heteroatoms. The number of nitrogens with zero attached hydrogens (tertiary/aromatic N) is 4. The summed E-state index contributed by atoms with van der Waals surface area (Å²) in [7, 11) is 0. The Balaban J connectivity index is 1.27. The Labute approximate surface area is 201 Å². The van der Waals surface area contributed by atoms with Crippen molar-refractivity contribution in [2.24, 2.45) is 0 Å². The number of rotatable bonds is 5. The number of aromatic carboxylic acids is 1. The van der Waals surface area contributed by atoms with Crippen molar-refractivity contribution >= 4 is 33.6 Å². The van der Waals surface area contributed by atoms with Gasteiger partial charge in [-0.25, -0.2) is 14.2 Å². The summed E-state index contributed by atoms with van der Waals surface area (Å²) in [6.07, 6.45) is 3.14. The fourth-order valence-corrected chi connectivity index (χ4v) is 5.03. The van der Waals surface area contributed by atoms with Crippen LogP contribution < -0.4 is 10.3 Å². The highest BCUT2D eigenvalue weighted by Crippen LogP contribution is 2.37. The van der Waals surface area contributed by atoms with Crippen molar-refractivity contribution in [1.29, 1.82) is 0 Å². The zero-order valence-corrected chi connectivity index (χ0v) is 19.2. The molecule has 1 aliphatic carbocycles. The average molecular weight is 473 g/mol. The minimum atomic E-state index is -1.31. The molecule has 1 aliphatic heterocycles. The monoisotopic (exact) mass is 472 g/mol. The molecule has 0 amide bonds. The van der Waals surface area contributed by atoms with Gasteiger partial charge >= 0.3 is 5.97 Å². The van der Waals surface area contributed by atoms with Gasteiger partial charge in [0.25, 0.3) is 0 Å². The predicted molar refractivity (Wildman–Crippen MR) is 133 cm³/mol. The lowest BCUT2D eigenvalue weighted by Gasteiger charge is -2.35. The summed E-state index contributed by atoms with van der Waals surface area (Å²) in [5.41, 5.74) is 0.592. The molecule has 0 radical (unpaired) electrons. The van der Waals surface area contributed by atoms with Gasteiger partial charge in [0.2, 0.25) is 5.43 Å². The Morgan fingerprint density at radius 2 is 1.77 bits per heavy atom. The van der Waals surface area contributed by atoms with E-state index in [1.165, 1.54) is 22.5 Å². The molecular formula is C27H25FN4O3. The summed E-state index contributed by atoms with van der Waals surface area (Å²) in [6, 6.07) is 16.0. The molecule has 1 saturated carbocycles. The maximum absolute atomic E-state index is 15.2. The Bertz CT molecular complexity index is 1520. The van der Waals surface area contributed by atoms with Gasteiger partial charge in [-0.05, 0) is 35.2 Å². The quantitative estimate of drug-likeness (QED) is 0.472. The third kappa shape index (κ3) is 3.93. The third-order valence-corrected chi connectivity index (χ3v) is 7.06. The van der Waals surface area contributed by atoms with Gasteiger partial charge in [-0.15, -0.1) is 0 Å². The Kier molecular flexibility index (Phi) is 5.25. The molecule has 1 N–H and O–H groups in total. The number of hydrogen-bond acceptors (Lipinski definition) is 5. The Morgan fingerprint density at radius 1 is 1.03 bits per heavy atom. The topological polar surface area (TPSA) is 78.7 Å². The molecule has 2 fully saturated rings. The first-order valence-electron chi connectivity index (χ1n) is 11.9. The van der Waals surface area contributed by atoms with Crippen LogP contribution in [-0.4, -0.2) is 51.7 Å². The van der Waals surface area contributed by atoms with Crippen molar-refractivity contribution in [3.8, 4) is 0 Å². The van der Waals surface area contributed by atoms with Crippen LogP contribution in [0.15, 0.2) is 59.5 Å². The van der Waals surface area contributed by atoms with Crippen LogP contribution in [0.4, 0.5) is 10.2 Å². The van der Waals surface area contributed by atoms with E-state index < -0.39 is 17.2 Å². The maximum atomic E-state index is 15.2. The number of carboxylic acids is 1. The molecule has 7 nitrogen and oxygen atoms in total.